The number of rotatable bonds is 26. The molecule has 0 aliphatic heterocycles. The average molecular weight is 423 g/mol. The fraction of sp³-hybridized carbons (Fsp3) is 0.929. The van der Waals surface area contributed by atoms with Gasteiger partial charge in [0.25, 0.3) is 0 Å². The number of hydrogen-bond donors (Lipinski definition) is 0. The molecule has 0 saturated heterocycles. The van der Waals surface area contributed by atoms with Crippen molar-refractivity contribution in [3.05, 3.63) is 0 Å². The zero-order valence-corrected chi connectivity index (χ0v) is 20.6. The van der Waals surface area contributed by atoms with E-state index < -0.39 is 0 Å². The van der Waals surface area contributed by atoms with E-state index in [1.165, 1.54) is 122 Å². The van der Waals surface area contributed by atoms with Crippen molar-refractivity contribution >= 4 is 12.1 Å². The van der Waals surface area contributed by atoms with Gasteiger partial charge < -0.3 is 4.79 Å². The number of carbonyl (C=O) groups is 2. The van der Waals surface area contributed by atoms with Crippen molar-refractivity contribution < 1.29 is 9.59 Å². The Labute approximate surface area is 189 Å². The van der Waals surface area contributed by atoms with E-state index in [9.17, 15) is 9.59 Å². The van der Waals surface area contributed by atoms with Crippen LogP contribution in [0, 0.1) is 0 Å². The third-order valence-electron chi connectivity index (χ3n) is 6.34. The normalized spacial score (nSPS) is 11.1. The van der Waals surface area contributed by atoms with Crippen molar-refractivity contribution in [2.75, 3.05) is 0 Å². The van der Waals surface area contributed by atoms with Crippen molar-refractivity contribution in [3.63, 3.8) is 0 Å². The standard InChI is InChI=1S/C28H54O2/c1-2-3-4-5-6-7-8-9-10-11-13-16-19-22-25-28(30)26-23-20-17-14-12-15-18-21-24-27-29/h27H,2-26H2,1H3. The van der Waals surface area contributed by atoms with Crippen molar-refractivity contribution in [1.82, 2.24) is 0 Å². The summed E-state index contributed by atoms with van der Waals surface area (Å²) >= 11 is 0. The van der Waals surface area contributed by atoms with Crippen LogP contribution in [0.15, 0.2) is 0 Å². The van der Waals surface area contributed by atoms with Crippen LogP contribution in [0.1, 0.15) is 167 Å². The molecule has 0 aromatic heterocycles. The Kier molecular flexibility index (Phi) is 25.8. The summed E-state index contributed by atoms with van der Waals surface area (Å²) in [5, 5.41) is 0. The summed E-state index contributed by atoms with van der Waals surface area (Å²) < 4.78 is 0. The molecule has 0 bridgehead atoms. The third kappa shape index (κ3) is 25.4. The minimum Gasteiger partial charge on any atom is -0.303 e. The van der Waals surface area contributed by atoms with Gasteiger partial charge in [0.1, 0.15) is 12.1 Å². The number of carbonyl (C=O) groups excluding carboxylic acids is 2. The van der Waals surface area contributed by atoms with Crippen molar-refractivity contribution in [2.24, 2.45) is 0 Å². The molecule has 0 unspecified atom stereocenters. The van der Waals surface area contributed by atoms with Crippen LogP contribution in [-0.2, 0) is 9.59 Å². The van der Waals surface area contributed by atoms with Gasteiger partial charge in [-0.05, 0) is 19.3 Å². The molecule has 0 aliphatic rings. The van der Waals surface area contributed by atoms with E-state index in [4.69, 9.17) is 0 Å². The maximum atomic E-state index is 12.0. The van der Waals surface area contributed by atoms with Crippen LogP contribution < -0.4 is 0 Å². The molecule has 178 valence electrons. The van der Waals surface area contributed by atoms with Gasteiger partial charge in [-0.1, -0.05) is 129 Å². The highest BCUT2D eigenvalue weighted by Gasteiger charge is 2.02. The van der Waals surface area contributed by atoms with E-state index in [-0.39, 0.29) is 0 Å². The molecule has 0 saturated carbocycles. The topological polar surface area (TPSA) is 34.1 Å². The van der Waals surface area contributed by atoms with E-state index in [1.54, 1.807) is 0 Å². The number of ketones is 1. The van der Waals surface area contributed by atoms with Crippen LogP contribution >= 0.6 is 0 Å². The summed E-state index contributed by atoms with van der Waals surface area (Å²) in [6, 6.07) is 0. The predicted octanol–water partition coefficient (Wildman–Crippen LogP) is 9.53. The van der Waals surface area contributed by atoms with Crippen molar-refractivity contribution in [3.8, 4) is 0 Å². The summed E-state index contributed by atoms with van der Waals surface area (Å²) in [6.45, 7) is 2.28. The lowest BCUT2D eigenvalue weighted by Gasteiger charge is -2.04. The molecule has 2 heteroatoms. The van der Waals surface area contributed by atoms with Gasteiger partial charge >= 0.3 is 0 Å². The van der Waals surface area contributed by atoms with Crippen LogP contribution in [0.2, 0.25) is 0 Å². The molecular formula is C28H54O2. The van der Waals surface area contributed by atoms with Gasteiger partial charge in [-0.3, -0.25) is 4.79 Å². The first-order valence-electron chi connectivity index (χ1n) is 13.8. The van der Waals surface area contributed by atoms with Gasteiger partial charge in [0, 0.05) is 19.3 Å². The Morgan fingerprint density at radius 3 is 1.10 bits per heavy atom. The highest BCUT2D eigenvalue weighted by molar-refractivity contribution is 5.78. The molecule has 0 rings (SSSR count). The Morgan fingerprint density at radius 1 is 0.467 bits per heavy atom. The van der Waals surface area contributed by atoms with Crippen LogP contribution in [-0.4, -0.2) is 12.1 Å². The summed E-state index contributed by atoms with van der Waals surface area (Å²) in [5.41, 5.74) is 0. The lowest BCUT2D eigenvalue weighted by atomic mass is 10.0. The largest absolute Gasteiger partial charge is 0.303 e. The van der Waals surface area contributed by atoms with Crippen molar-refractivity contribution in [1.29, 1.82) is 0 Å². The summed E-state index contributed by atoms with van der Waals surface area (Å²) in [4.78, 5) is 22.2. The molecule has 0 spiro atoms. The maximum absolute atomic E-state index is 12.0. The van der Waals surface area contributed by atoms with E-state index in [1.807, 2.05) is 0 Å². The summed E-state index contributed by atoms with van der Waals surface area (Å²) in [5.74, 6) is 0.489. The van der Waals surface area contributed by atoms with Gasteiger partial charge in [0.15, 0.2) is 0 Å². The second-order valence-corrected chi connectivity index (χ2v) is 9.42. The molecule has 0 heterocycles. The van der Waals surface area contributed by atoms with Gasteiger partial charge in [0.2, 0.25) is 0 Å². The first kappa shape index (κ1) is 29.3. The summed E-state index contributed by atoms with van der Waals surface area (Å²) in [7, 11) is 0. The molecule has 0 aromatic rings. The number of unbranched alkanes of at least 4 members (excludes halogenated alkanes) is 21. The highest BCUT2D eigenvalue weighted by Crippen LogP contribution is 2.14. The molecule has 0 aromatic carbocycles. The van der Waals surface area contributed by atoms with E-state index in [2.05, 4.69) is 6.92 Å². The zero-order chi connectivity index (χ0) is 22.0. The van der Waals surface area contributed by atoms with Gasteiger partial charge in [-0.15, -0.1) is 0 Å². The van der Waals surface area contributed by atoms with Crippen LogP contribution in [0.25, 0.3) is 0 Å². The fourth-order valence-corrected chi connectivity index (χ4v) is 4.25. The second-order valence-electron chi connectivity index (χ2n) is 9.42. The van der Waals surface area contributed by atoms with E-state index in [0.29, 0.717) is 5.78 Å². The van der Waals surface area contributed by atoms with Gasteiger partial charge in [-0.2, -0.15) is 0 Å². The van der Waals surface area contributed by atoms with Gasteiger partial charge in [0.05, 0.1) is 0 Å². The molecule has 0 atom stereocenters. The minimum atomic E-state index is 0.489. The molecule has 30 heavy (non-hydrogen) atoms. The maximum Gasteiger partial charge on any atom is 0.132 e. The SMILES string of the molecule is CCCCCCCCCCCCCCCCC(=O)CCCCCCCCCCC=O. The Bertz CT molecular complexity index is 351. The number of Topliss-reactive ketones (excluding diaryl/α,β-unsaturated/α-hetero) is 1. The Balaban J connectivity index is 3.14. The molecule has 0 aliphatic carbocycles. The monoisotopic (exact) mass is 422 g/mol. The van der Waals surface area contributed by atoms with E-state index in [0.717, 1.165) is 44.8 Å². The Hall–Kier alpha value is -0.660. The summed E-state index contributed by atoms with van der Waals surface area (Å²) in [6.07, 6.45) is 32.2. The molecule has 0 N–H and O–H groups in total. The molecule has 0 fully saturated rings. The Morgan fingerprint density at radius 2 is 0.767 bits per heavy atom. The van der Waals surface area contributed by atoms with E-state index >= 15 is 0 Å². The highest BCUT2D eigenvalue weighted by atomic mass is 16.1. The lowest BCUT2D eigenvalue weighted by Crippen LogP contribution is -1.97. The molecule has 0 radical (unpaired) electrons. The predicted molar refractivity (Wildman–Crippen MR) is 132 cm³/mol. The molecule has 2 nitrogen and oxygen atoms in total. The smallest absolute Gasteiger partial charge is 0.132 e. The lowest BCUT2D eigenvalue weighted by molar-refractivity contribution is -0.119. The molecular weight excluding hydrogens is 368 g/mol. The number of hydrogen-bond acceptors (Lipinski definition) is 2. The zero-order valence-electron chi connectivity index (χ0n) is 20.6. The third-order valence-corrected chi connectivity index (χ3v) is 6.34. The number of aldehydes is 1. The quantitative estimate of drug-likeness (QED) is 0.103. The van der Waals surface area contributed by atoms with Crippen molar-refractivity contribution in [2.45, 2.75) is 167 Å². The average Bonchev–Trinajstić information content (AvgIpc) is 2.75. The second kappa shape index (κ2) is 26.4. The van der Waals surface area contributed by atoms with Crippen LogP contribution in [0.4, 0.5) is 0 Å². The first-order valence-corrected chi connectivity index (χ1v) is 13.8. The molecule has 0 amide bonds. The first-order chi connectivity index (χ1) is 14.8. The van der Waals surface area contributed by atoms with Gasteiger partial charge in [-0.25, -0.2) is 0 Å². The fourth-order valence-electron chi connectivity index (χ4n) is 4.25. The van der Waals surface area contributed by atoms with Crippen LogP contribution in [0.3, 0.4) is 0 Å². The van der Waals surface area contributed by atoms with Crippen LogP contribution in [0.5, 0.6) is 0 Å². The minimum absolute atomic E-state index is 0.489.